The first-order valence-corrected chi connectivity index (χ1v) is 6.04. The van der Waals surface area contributed by atoms with E-state index in [1.807, 2.05) is 11.9 Å². The maximum Gasteiger partial charge on any atom is 0.242 e. The number of hydrogen-bond acceptors (Lipinski definition) is 4. The van der Waals surface area contributed by atoms with Crippen LogP contribution in [0.15, 0.2) is 0 Å². The van der Waals surface area contributed by atoms with Crippen LogP contribution in [0.25, 0.3) is 0 Å². The number of ether oxygens (including phenoxy) is 1. The smallest absolute Gasteiger partial charge is 0.242 e. The lowest BCUT2D eigenvalue weighted by atomic mass is 10.1. The molecule has 0 aromatic heterocycles. The number of likely N-dealkylation sites (N-methyl/N-ethyl adjacent to an activating group) is 1. The van der Waals surface area contributed by atoms with Gasteiger partial charge in [-0.15, -0.1) is 0 Å². The molecular weight excluding hydrogens is 222 g/mol. The molecule has 0 saturated carbocycles. The molecule has 2 atom stereocenters. The molecule has 2 aliphatic rings. The Labute approximate surface area is 101 Å². The second-order valence-electron chi connectivity index (χ2n) is 4.57. The normalized spacial score (nSPS) is 30.8. The van der Waals surface area contributed by atoms with E-state index in [9.17, 15) is 9.59 Å². The Morgan fingerprint density at radius 3 is 3.12 bits per heavy atom. The molecule has 2 saturated heterocycles. The predicted octanol–water partition coefficient (Wildman–Crippen LogP) is -1.29. The lowest BCUT2D eigenvalue weighted by Crippen LogP contribution is -2.57. The van der Waals surface area contributed by atoms with E-state index in [1.54, 1.807) is 0 Å². The molecule has 0 radical (unpaired) electrons. The molecule has 2 N–H and O–H groups in total. The zero-order chi connectivity index (χ0) is 12.3. The van der Waals surface area contributed by atoms with Gasteiger partial charge in [0.25, 0.3) is 0 Å². The molecule has 0 aliphatic carbocycles. The van der Waals surface area contributed by atoms with Gasteiger partial charge in [0.05, 0.1) is 13.2 Å². The number of hydrogen-bond donors (Lipinski definition) is 2. The average molecular weight is 241 g/mol. The second-order valence-corrected chi connectivity index (χ2v) is 4.57. The van der Waals surface area contributed by atoms with Crippen molar-refractivity contribution in [2.75, 3.05) is 33.4 Å². The molecule has 0 aromatic carbocycles. The van der Waals surface area contributed by atoms with Gasteiger partial charge in [-0.25, -0.2) is 0 Å². The van der Waals surface area contributed by atoms with E-state index in [4.69, 9.17) is 4.74 Å². The molecule has 2 unspecified atom stereocenters. The van der Waals surface area contributed by atoms with E-state index in [2.05, 4.69) is 10.6 Å². The monoisotopic (exact) mass is 241 g/mol. The molecule has 2 heterocycles. The quantitative estimate of drug-likeness (QED) is 0.631. The van der Waals surface area contributed by atoms with Crippen molar-refractivity contribution in [1.82, 2.24) is 15.5 Å². The third-order valence-corrected chi connectivity index (χ3v) is 3.30. The van der Waals surface area contributed by atoms with Crippen LogP contribution in [-0.4, -0.2) is 62.1 Å². The van der Waals surface area contributed by atoms with Gasteiger partial charge < -0.3 is 15.4 Å². The summed E-state index contributed by atoms with van der Waals surface area (Å²) in [7, 11) is 1.90. The molecular formula is C11H19N3O3. The van der Waals surface area contributed by atoms with Crippen molar-refractivity contribution in [2.24, 2.45) is 0 Å². The molecule has 2 amide bonds. The summed E-state index contributed by atoms with van der Waals surface area (Å²) in [6.07, 6.45) is 1.63. The molecule has 2 fully saturated rings. The highest BCUT2D eigenvalue weighted by atomic mass is 16.5. The van der Waals surface area contributed by atoms with Crippen molar-refractivity contribution in [3.63, 3.8) is 0 Å². The molecule has 0 spiro atoms. The van der Waals surface area contributed by atoms with Crippen LogP contribution in [0.3, 0.4) is 0 Å². The Morgan fingerprint density at radius 2 is 2.41 bits per heavy atom. The van der Waals surface area contributed by atoms with Gasteiger partial charge in [0.2, 0.25) is 11.8 Å². The summed E-state index contributed by atoms with van der Waals surface area (Å²) in [6, 6.07) is -0.662. The van der Waals surface area contributed by atoms with E-state index in [-0.39, 0.29) is 23.9 Å². The minimum Gasteiger partial charge on any atom is -0.378 e. The summed E-state index contributed by atoms with van der Waals surface area (Å²) in [4.78, 5) is 25.5. The van der Waals surface area contributed by atoms with Gasteiger partial charge >= 0.3 is 0 Å². The van der Waals surface area contributed by atoms with Crippen molar-refractivity contribution in [1.29, 1.82) is 0 Å². The van der Waals surface area contributed by atoms with Crippen LogP contribution in [0.2, 0.25) is 0 Å². The van der Waals surface area contributed by atoms with Gasteiger partial charge in [0.1, 0.15) is 12.1 Å². The first-order chi connectivity index (χ1) is 8.18. The first-order valence-electron chi connectivity index (χ1n) is 6.04. The Bertz CT molecular complexity index is 308. The number of morpholine rings is 1. The minimum absolute atomic E-state index is 0.0796. The van der Waals surface area contributed by atoms with E-state index < -0.39 is 0 Å². The van der Waals surface area contributed by atoms with Crippen LogP contribution >= 0.6 is 0 Å². The molecule has 17 heavy (non-hydrogen) atoms. The van der Waals surface area contributed by atoms with Gasteiger partial charge in [-0.1, -0.05) is 0 Å². The highest BCUT2D eigenvalue weighted by Gasteiger charge is 2.30. The molecule has 96 valence electrons. The molecule has 2 aliphatic heterocycles. The summed E-state index contributed by atoms with van der Waals surface area (Å²) in [5.74, 6) is -0.196. The Morgan fingerprint density at radius 1 is 1.59 bits per heavy atom. The van der Waals surface area contributed by atoms with Crippen molar-refractivity contribution >= 4 is 11.8 Å². The number of nitrogens with one attached hydrogen (secondary N) is 2. The first kappa shape index (κ1) is 12.3. The third kappa shape index (κ3) is 2.95. The molecule has 6 heteroatoms. The zero-order valence-corrected chi connectivity index (χ0v) is 10.1. The highest BCUT2D eigenvalue weighted by Crippen LogP contribution is 2.07. The van der Waals surface area contributed by atoms with Gasteiger partial charge in [0, 0.05) is 13.1 Å². The average Bonchev–Trinajstić information content (AvgIpc) is 2.32. The summed E-state index contributed by atoms with van der Waals surface area (Å²) >= 11 is 0. The SMILES string of the molecule is CN1CCOCC1C(=O)NC1CCCNC1=O. The number of nitrogens with zero attached hydrogens (tertiary/aromatic N) is 1. The van der Waals surface area contributed by atoms with Crippen LogP contribution < -0.4 is 10.6 Å². The Balaban J connectivity index is 1.89. The summed E-state index contributed by atoms with van der Waals surface area (Å²) in [6.45, 7) is 2.51. The predicted molar refractivity (Wildman–Crippen MR) is 61.4 cm³/mol. The molecule has 0 bridgehead atoms. The second kappa shape index (κ2) is 5.46. The number of piperidine rings is 1. The Hall–Kier alpha value is -1.14. The zero-order valence-electron chi connectivity index (χ0n) is 10.1. The highest BCUT2D eigenvalue weighted by molar-refractivity contribution is 5.90. The van der Waals surface area contributed by atoms with Crippen molar-refractivity contribution in [2.45, 2.75) is 24.9 Å². The fourth-order valence-corrected chi connectivity index (χ4v) is 2.14. The van der Waals surface area contributed by atoms with Crippen LogP contribution in [0.1, 0.15) is 12.8 Å². The number of carbonyl (C=O) groups excluding carboxylic acids is 2. The largest absolute Gasteiger partial charge is 0.378 e. The van der Waals surface area contributed by atoms with Crippen molar-refractivity contribution in [3.05, 3.63) is 0 Å². The Kier molecular flexibility index (Phi) is 3.96. The summed E-state index contributed by atoms with van der Waals surface area (Å²) in [5.41, 5.74) is 0. The van der Waals surface area contributed by atoms with E-state index in [0.29, 0.717) is 19.8 Å². The fraction of sp³-hybridized carbons (Fsp3) is 0.818. The van der Waals surface area contributed by atoms with Gasteiger partial charge in [-0.2, -0.15) is 0 Å². The lowest BCUT2D eigenvalue weighted by Gasteiger charge is -2.33. The standard InChI is InChI=1S/C11H19N3O3/c1-14-5-6-17-7-9(14)11(16)13-8-3-2-4-12-10(8)15/h8-9H,2-7H2,1H3,(H,12,15)(H,13,16). The van der Waals surface area contributed by atoms with Crippen LogP contribution in [0.5, 0.6) is 0 Å². The van der Waals surface area contributed by atoms with E-state index in [1.165, 1.54) is 0 Å². The van der Waals surface area contributed by atoms with Gasteiger partial charge in [-0.05, 0) is 19.9 Å². The third-order valence-electron chi connectivity index (χ3n) is 3.30. The maximum atomic E-state index is 12.0. The van der Waals surface area contributed by atoms with E-state index in [0.717, 1.165) is 19.4 Å². The van der Waals surface area contributed by atoms with Crippen molar-refractivity contribution in [3.8, 4) is 0 Å². The number of carbonyl (C=O) groups is 2. The summed E-state index contributed by atoms with van der Waals surface area (Å²) < 4.78 is 5.29. The fourth-order valence-electron chi connectivity index (χ4n) is 2.14. The molecule has 6 nitrogen and oxygen atoms in total. The minimum atomic E-state index is -0.383. The molecule has 0 aromatic rings. The number of rotatable bonds is 2. The van der Waals surface area contributed by atoms with Crippen molar-refractivity contribution < 1.29 is 14.3 Å². The van der Waals surface area contributed by atoms with E-state index >= 15 is 0 Å². The summed E-state index contributed by atoms with van der Waals surface area (Å²) in [5, 5.41) is 5.55. The molecule has 2 rings (SSSR count). The van der Waals surface area contributed by atoms with Crippen LogP contribution in [0, 0.1) is 0 Å². The van der Waals surface area contributed by atoms with Crippen LogP contribution in [-0.2, 0) is 14.3 Å². The lowest BCUT2D eigenvalue weighted by molar-refractivity contribution is -0.136. The van der Waals surface area contributed by atoms with Gasteiger partial charge in [0.15, 0.2) is 0 Å². The topological polar surface area (TPSA) is 70.7 Å². The number of amides is 2. The van der Waals surface area contributed by atoms with Crippen LogP contribution in [0.4, 0.5) is 0 Å². The van der Waals surface area contributed by atoms with Gasteiger partial charge in [-0.3, -0.25) is 14.5 Å². The maximum absolute atomic E-state index is 12.0.